The molecule has 1 amide bonds. The van der Waals surface area contributed by atoms with E-state index in [-0.39, 0.29) is 11.3 Å². The van der Waals surface area contributed by atoms with Crippen LogP contribution in [0.2, 0.25) is 0 Å². The number of carbonyl (C=O) groups excluding carboxylic acids is 1. The molecule has 5 nitrogen and oxygen atoms in total. The summed E-state index contributed by atoms with van der Waals surface area (Å²) >= 11 is 3.39. The molecule has 2 aromatic carbocycles. The van der Waals surface area contributed by atoms with Gasteiger partial charge in [0.15, 0.2) is 0 Å². The lowest BCUT2D eigenvalue weighted by molar-refractivity contribution is -0.385. The van der Waals surface area contributed by atoms with Crippen molar-refractivity contribution in [3.05, 3.63) is 73.7 Å². The largest absolute Gasteiger partial charge is 0.348 e. The Morgan fingerprint density at radius 2 is 2.00 bits per heavy atom. The molecule has 6 heteroatoms. The highest BCUT2D eigenvalue weighted by Crippen LogP contribution is 2.20. The van der Waals surface area contributed by atoms with Crippen LogP contribution in [0.4, 0.5) is 5.69 Å². The molecule has 0 bridgehead atoms. The van der Waals surface area contributed by atoms with Gasteiger partial charge in [0.25, 0.3) is 11.6 Å². The van der Waals surface area contributed by atoms with Crippen LogP contribution in [0.15, 0.2) is 46.9 Å². The van der Waals surface area contributed by atoms with E-state index in [1.807, 2.05) is 24.3 Å². The minimum absolute atomic E-state index is 0.0760. The minimum Gasteiger partial charge on any atom is -0.348 e. The van der Waals surface area contributed by atoms with Crippen molar-refractivity contribution in [3.8, 4) is 0 Å². The first kappa shape index (κ1) is 15.2. The number of aryl methyl sites for hydroxylation is 1. The summed E-state index contributed by atoms with van der Waals surface area (Å²) < 4.78 is 0.879. The number of halogens is 1. The third-order valence-corrected chi connectivity index (χ3v) is 3.76. The highest BCUT2D eigenvalue weighted by Gasteiger charge is 2.19. The maximum absolute atomic E-state index is 12.2. The summed E-state index contributed by atoms with van der Waals surface area (Å²) in [6.07, 6.45) is 0. The third-order valence-electron chi connectivity index (χ3n) is 2.99. The second kappa shape index (κ2) is 6.49. The lowest BCUT2D eigenvalue weighted by Crippen LogP contribution is -2.24. The Morgan fingerprint density at radius 1 is 1.29 bits per heavy atom. The van der Waals surface area contributed by atoms with Gasteiger partial charge < -0.3 is 5.32 Å². The van der Waals surface area contributed by atoms with Crippen molar-refractivity contribution in [2.24, 2.45) is 0 Å². The first-order valence-corrected chi connectivity index (χ1v) is 7.05. The van der Waals surface area contributed by atoms with E-state index in [4.69, 9.17) is 0 Å². The number of hydrogen-bond acceptors (Lipinski definition) is 3. The van der Waals surface area contributed by atoms with Crippen LogP contribution in [0.3, 0.4) is 0 Å². The Kier molecular flexibility index (Phi) is 4.70. The summed E-state index contributed by atoms with van der Waals surface area (Å²) in [5, 5.41) is 13.7. The van der Waals surface area contributed by atoms with E-state index in [1.165, 1.54) is 12.1 Å². The van der Waals surface area contributed by atoms with Crippen molar-refractivity contribution in [1.29, 1.82) is 0 Å². The van der Waals surface area contributed by atoms with Crippen LogP contribution in [0.25, 0.3) is 0 Å². The van der Waals surface area contributed by atoms with Gasteiger partial charge in [-0.2, -0.15) is 0 Å². The molecular formula is C15H13BrN2O3. The highest BCUT2D eigenvalue weighted by molar-refractivity contribution is 9.10. The normalized spacial score (nSPS) is 10.2. The zero-order chi connectivity index (χ0) is 15.4. The molecule has 1 N–H and O–H groups in total. The maximum atomic E-state index is 12.2. The van der Waals surface area contributed by atoms with Crippen LogP contribution in [-0.4, -0.2) is 10.8 Å². The Balaban J connectivity index is 2.19. The molecule has 0 unspecified atom stereocenters. The summed E-state index contributed by atoms with van der Waals surface area (Å²) in [6.45, 7) is 2.08. The lowest BCUT2D eigenvalue weighted by atomic mass is 10.1. The second-order valence-corrected chi connectivity index (χ2v) is 5.41. The fourth-order valence-electron chi connectivity index (χ4n) is 1.90. The fourth-order valence-corrected chi connectivity index (χ4v) is 2.33. The zero-order valence-electron chi connectivity index (χ0n) is 11.3. The Morgan fingerprint density at radius 3 is 2.67 bits per heavy atom. The van der Waals surface area contributed by atoms with Crippen LogP contribution in [0.5, 0.6) is 0 Å². The van der Waals surface area contributed by atoms with E-state index in [9.17, 15) is 14.9 Å². The minimum atomic E-state index is -0.549. The van der Waals surface area contributed by atoms with Gasteiger partial charge in [-0.25, -0.2) is 0 Å². The lowest BCUT2D eigenvalue weighted by Gasteiger charge is -2.08. The molecule has 2 rings (SSSR count). The van der Waals surface area contributed by atoms with Gasteiger partial charge in [-0.05, 0) is 30.2 Å². The van der Waals surface area contributed by atoms with Gasteiger partial charge in [0, 0.05) is 17.1 Å². The monoisotopic (exact) mass is 348 g/mol. The maximum Gasteiger partial charge on any atom is 0.282 e. The molecule has 0 radical (unpaired) electrons. The number of rotatable bonds is 4. The number of nitro benzene ring substituents is 1. The molecule has 0 aliphatic rings. The molecule has 2 aromatic rings. The number of benzene rings is 2. The first-order valence-electron chi connectivity index (χ1n) is 6.25. The van der Waals surface area contributed by atoms with E-state index in [1.54, 1.807) is 13.0 Å². The predicted octanol–water partition coefficient (Wildman–Crippen LogP) is 3.60. The highest BCUT2D eigenvalue weighted by atomic mass is 79.9. The molecule has 0 fully saturated rings. The van der Waals surface area contributed by atoms with E-state index in [0.717, 1.165) is 15.6 Å². The molecular weight excluding hydrogens is 336 g/mol. The SMILES string of the molecule is Cc1ccc([N+](=O)[O-])c(C(=O)NCc2ccccc2Br)c1. The first-order chi connectivity index (χ1) is 9.99. The number of nitro groups is 1. The fraction of sp³-hybridized carbons (Fsp3) is 0.133. The zero-order valence-corrected chi connectivity index (χ0v) is 12.9. The Bertz CT molecular complexity index is 701. The summed E-state index contributed by atoms with van der Waals surface area (Å²) in [6, 6.07) is 12.0. The third kappa shape index (κ3) is 3.66. The van der Waals surface area contributed by atoms with Gasteiger partial charge >= 0.3 is 0 Å². The molecule has 108 valence electrons. The van der Waals surface area contributed by atoms with Crippen LogP contribution in [0.1, 0.15) is 21.5 Å². The van der Waals surface area contributed by atoms with Crippen molar-refractivity contribution in [3.63, 3.8) is 0 Å². The van der Waals surface area contributed by atoms with Crippen molar-refractivity contribution in [2.75, 3.05) is 0 Å². The summed E-state index contributed by atoms with van der Waals surface area (Å²) in [4.78, 5) is 22.6. The van der Waals surface area contributed by atoms with Crippen LogP contribution in [0, 0.1) is 17.0 Å². The van der Waals surface area contributed by atoms with E-state index in [0.29, 0.717) is 6.54 Å². The number of nitrogens with zero attached hydrogens (tertiary/aromatic N) is 1. The number of hydrogen-bond donors (Lipinski definition) is 1. The van der Waals surface area contributed by atoms with Gasteiger partial charge in [-0.1, -0.05) is 40.2 Å². The standard InChI is InChI=1S/C15H13BrN2O3/c1-10-6-7-14(18(20)21)12(8-10)15(19)17-9-11-4-2-3-5-13(11)16/h2-8H,9H2,1H3,(H,17,19). The second-order valence-electron chi connectivity index (χ2n) is 4.55. The van der Waals surface area contributed by atoms with Crippen LogP contribution in [-0.2, 0) is 6.54 Å². The predicted molar refractivity (Wildman–Crippen MR) is 83.1 cm³/mol. The van der Waals surface area contributed by atoms with Gasteiger partial charge in [0.05, 0.1) is 4.92 Å². The van der Waals surface area contributed by atoms with E-state index < -0.39 is 10.8 Å². The molecule has 0 saturated heterocycles. The Hall–Kier alpha value is -2.21. The number of amides is 1. The molecule has 21 heavy (non-hydrogen) atoms. The average molecular weight is 349 g/mol. The smallest absolute Gasteiger partial charge is 0.282 e. The topological polar surface area (TPSA) is 72.2 Å². The van der Waals surface area contributed by atoms with E-state index >= 15 is 0 Å². The van der Waals surface area contributed by atoms with Gasteiger partial charge in [-0.3, -0.25) is 14.9 Å². The summed E-state index contributed by atoms with van der Waals surface area (Å²) in [5.74, 6) is -0.457. The van der Waals surface area contributed by atoms with Gasteiger partial charge in [0.2, 0.25) is 0 Å². The van der Waals surface area contributed by atoms with Crippen molar-refractivity contribution in [2.45, 2.75) is 13.5 Å². The van der Waals surface area contributed by atoms with Crippen molar-refractivity contribution < 1.29 is 9.72 Å². The number of carbonyl (C=O) groups is 1. The molecule has 0 aliphatic carbocycles. The van der Waals surface area contributed by atoms with Crippen molar-refractivity contribution in [1.82, 2.24) is 5.32 Å². The average Bonchev–Trinajstić information content (AvgIpc) is 2.45. The van der Waals surface area contributed by atoms with E-state index in [2.05, 4.69) is 21.2 Å². The van der Waals surface area contributed by atoms with Gasteiger partial charge in [0.1, 0.15) is 5.56 Å². The molecule has 0 aliphatic heterocycles. The molecule has 0 heterocycles. The van der Waals surface area contributed by atoms with Crippen LogP contribution >= 0.6 is 15.9 Å². The summed E-state index contributed by atoms with van der Waals surface area (Å²) in [7, 11) is 0. The van der Waals surface area contributed by atoms with Crippen molar-refractivity contribution >= 4 is 27.5 Å². The molecule has 0 spiro atoms. The molecule has 0 aromatic heterocycles. The number of nitrogens with one attached hydrogen (secondary N) is 1. The summed E-state index contributed by atoms with van der Waals surface area (Å²) in [5.41, 5.74) is 1.59. The molecule has 0 saturated carbocycles. The Labute approximate surface area is 130 Å². The van der Waals surface area contributed by atoms with Gasteiger partial charge in [-0.15, -0.1) is 0 Å². The quantitative estimate of drug-likeness (QED) is 0.677. The molecule has 0 atom stereocenters. The van der Waals surface area contributed by atoms with Crippen LogP contribution < -0.4 is 5.32 Å².